The molecular weight excluding hydrogens is 277 g/mol. The van der Waals surface area contributed by atoms with Crippen molar-refractivity contribution in [1.82, 2.24) is 15.0 Å². The van der Waals surface area contributed by atoms with Crippen LogP contribution in [0.5, 0.6) is 0 Å². The Balaban J connectivity index is 2.41. The molecule has 3 nitrogen and oxygen atoms in total. The number of imidazole rings is 1. The standard InChI is InChI=1S/C9H8IN3/c1-6-2-3-7(4-11-6)9-12-5-8(10)13-9/h2-5H,1H3,(H,12,13). The van der Waals surface area contributed by atoms with Crippen molar-refractivity contribution in [3.05, 3.63) is 33.9 Å². The van der Waals surface area contributed by atoms with Gasteiger partial charge in [-0.2, -0.15) is 0 Å². The second-order valence-corrected chi connectivity index (χ2v) is 3.93. The normalized spacial score (nSPS) is 10.3. The third-order valence-corrected chi connectivity index (χ3v) is 2.28. The van der Waals surface area contributed by atoms with Gasteiger partial charge in [0.2, 0.25) is 0 Å². The van der Waals surface area contributed by atoms with Gasteiger partial charge in [0.25, 0.3) is 0 Å². The average molecular weight is 285 g/mol. The molecular formula is C9H8IN3. The number of hydrogen-bond donors (Lipinski definition) is 1. The number of nitrogens with zero attached hydrogens (tertiary/aromatic N) is 2. The molecule has 4 heteroatoms. The molecule has 2 aromatic rings. The Morgan fingerprint density at radius 1 is 1.23 bits per heavy atom. The topological polar surface area (TPSA) is 41.6 Å². The molecule has 0 fully saturated rings. The first-order valence-electron chi connectivity index (χ1n) is 3.89. The SMILES string of the molecule is Cc1ccc(-c2ncc(I)[nH]2)cn1. The van der Waals surface area contributed by atoms with Gasteiger partial charge in [-0.3, -0.25) is 4.98 Å². The summed E-state index contributed by atoms with van der Waals surface area (Å²) in [5.74, 6) is 0.872. The number of pyridine rings is 1. The predicted octanol–water partition coefficient (Wildman–Crippen LogP) is 2.38. The van der Waals surface area contributed by atoms with Gasteiger partial charge < -0.3 is 4.98 Å². The van der Waals surface area contributed by atoms with Gasteiger partial charge in [0.1, 0.15) is 5.82 Å². The molecule has 2 heterocycles. The third kappa shape index (κ3) is 1.88. The number of aromatic nitrogens is 3. The lowest BCUT2D eigenvalue weighted by Crippen LogP contribution is -1.84. The predicted molar refractivity (Wildman–Crippen MR) is 59.3 cm³/mol. The van der Waals surface area contributed by atoms with Gasteiger partial charge in [-0.05, 0) is 41.6 Å². The molecule has 0 aromatic carbocycles. The number of aryl methyl sites for hydroxylation is 1. The summed E-state index contributed by atoms with van der Waals surface area (Å²) in [6.07, 6.45) is 3.62. The minimum Gasteiger partial charge on any atom is -0.333 e. The molecule has 1 N–H and O–H groups in total. The van der Waals surface area contributed by atoms with E-state index in [-0.39, 0.29) is 0 Å². The Labute approximate surface area is 89.8 Å². The van der Waals surface area contributed by atoms with Crippen LogP contribution >= 0.6 is 22.6 Å². The number of rotatable bonds is 1. The molecule has 0 unspecified atom stereocenters. The van der Waals surface area contributed by atoms with E-state index < -0.39 is 0 Å². The third-order valence-electron chi connectivity index (χ3n) is 1.73. The average Bonchev–Trinajstić information content (AvgIpc) is 2.53. The Bertz CT molecular complexity index is 405. The molecule has 0 spiro atoms. The smallest absolute Gasteiger partial charge is 0.139 e. The fraction of sp³-hybridized carbons (Fsp3) is 0.111. The van der Waals surface area contributed by atoms with Gasteiger partial charge in [-0.1, -0.05) is 0 Å². The van der Waals surface area contributed by atoms with Crippen LogP contribution < -0.4 is 0 Å². The van der Waals surface area contributed by atoms with Gasteiger partial charge in [-0.15, -0.1) is 0 Å². The second kappa shape index (κ2) is 3.45. The molecule has 0 radical (unpaired) electrons. The van der Waals surface area contributed by atoms with Crippen molar-refractivity contribution in [2.75, 3.05) is 0 Å². The van der Waals surface area contributed by atoms with E-state index in [0.717, 1.165) is 20.8 Å². The molecule has 2 rings (SSSR count). The zero-order valence-electron chi connectivity index (χ0n) is 7.08. The van der Waals surface area contributed by atoms with E-state index >= 15 is 0 Å². The Hall–Kier alpha value is -0.910. The van der Waals surface area contributed by atoms with Gasteiger partial charge in [-0.25, -0.2) is 4.98 Å². The largest absolute Gasteiger partial charge is 0.333 e. The van der Waals surface area contributed by atoms with Gasteiger partial charge in [0.15, 0.2) is 0 Å². The van der Waals surface area contributed by atoms with E-state index in [1.54, 1.807) is 6.20 Å². The zero-order chi connectivity index (χ0) is 9.26. The van der Waals surface area contributed by atoms with Crippen molar-refractivity contribution in [1.29, 1.82) is 0 Å². The van der Waals surface area contributed by atoms with E-state index in [0.29, 0.717) is 0 Å². The molecule has 0 aliphatic heterocycles. The van der Waals surface area contributed by atoms with E-state index in [1.807, 2.05) is 25.3 Å². The summed E-state index contributed by atoms with van der Waals surface area (Å²) in [6.45, 7) is 1.97. The number of nitrogens with one attached hydrogen (secondary N) is 1. The molecule has 0 atom stereocenters. The molecule has 0 saturated heterocycles. The maximum Gasteiger partial charge on any atom is 0.139 e. The van der Waals surface area contributed by atoms with Crippen molar-refractivity contribution in [2.45, 2.75) is 6.92 Å². The number of halogens is 1. The number of hydrogen-bond acceptors (Lipinski definition) is 2. The van der Waals surface area contributed by atoms with Crippen LogP contribution in [0.4, 0.5) is 0 Å². The summed E-state index contributed by atoms with van der Waals surface area (Å²) < 4.78 is 1.04. The quantitative estimate of drug-likeness (QED) is 0.817. The van der Waals surface area contributed by atoms with Crippen molar-refractivity contribution in [2.24, 2.45) is 0 Å². The first kappa shape index (κ1) is 8.68. The maximum absolute atomic E-state index is 4.21. The number of H-pyrrole nitrogens is 1. The lowest BCUT2D eigenvalue weighted by molar-refractivity contribution is 1.18. The molecule has 2 aromatic heterocycles. The Morgan fingerprint density at radius 2 is 2.08 bits per heavy atom. The van der Waals surface area contributed by atoms with Crippen LogP contribution in [0.25, 0.3) is 11.4 Å². The van der Waals surface area contributed by atoms with Gasteiger partial charge in [0, 0.05) is 17.5 Å². The van der Waals surface area contributed by atoms with Crippen molar-refractivity contribution < 1.29 is 0 Å². The van der Waals surface area contributed by atoms with Crippen LogP contribution in [-0.2, 0) is 0 Å². The van der Waals surface area contributed by atoms with Crippen LogP contribution in [0.15, 0.2) is 24.5 Å². The highest BCUT2D eigenvalue weighted by Gasteiger charge is 2.00. The monoisotopic (exact) mass is 285 g/mol. The minimum atomic E-state index is 0.872. The molecule has 0 aliphatic carbocycles. The second-order valence-electron chi connectivity index (χ2n) is 2.77. The van der Waals surface area contributed by atoms with Crippen LogP contribution in [0, 0.1) is 10.6 Å². The highest BCUT2D eigenvalue weighted by Crippen LogP contribution is 2.14. The van der Waals surface area contributed by atoms with Gasteiger partial charge >= 0.3 is 0 Å². The fourth-order valence-corrected chi connectivity index (χ4v) is 1.45. The summed E-state index contributed by atoms with van der Waals surface area (Å²) >= 11 is 2.20. The Kier molecular flexibility index (Phi) is 2.30. The fourth-order valence-electron chi connectivity index (χ4n) is 1.05. The first-order valence-corrected chi connectivity index (χ1v) is 4.97. The molecule has 13 heavy (non-hydrogen) atoms. The lowest BCUT2D eigenvalue weighted by atomic mass is 10.2. The highest BCUT2D eigenvalue weighted by molar-refractivity contribution is 14.1. The number of aromatic amines is 1. The van der Waals surface area contributed by atoms with E-state index in [4.69, 9.17) is 0 Å². The Morgan fingerprint density at radius 3 is 2.62 bits per heavy atom. The maximum atomic E-state index is 4.21. The van der Waals surface area contributed by atoms with E-state index in [2.05, 4.69) is 37.5 Å². The van der Waals surface area contributed by atoms with Gasteiger partial charge in [0.05, 0.1) is 9.90 Å². The summed E-state index contributed by atoms with van der Waals surface area (Å²) in [7, 11) is 0. The van der Waals surface area contributed by atoms with E-state index in [1.165, 1.54) is 0 Å². The summed E-state index contributed by atoms with van der Waals surface area (Å²) in [6, 6.07) is 3.99. The molecule has 0 amide bonds. The molecule has 0 aliphatic rings. The van der Waals surface area contributed by atoms with Crippen molar-refractivity contribution >= 4 is 22.6 Å². The molecule has 0 saturated carbocycles. The lowest BCUT2D eigenvalue weighted by Gasteiger charge is -1.95. The summed E-state index contributed by atoms with van der Waals surface area (Å²) in [5.41, 5.74) is 2.04. The van der Waals surface area contributed by atoms with E-state index in [9.17, 15) is 0 Å². The molecule has 0 bridgehead atoms. The molecule has 66 valence electrons. The van der Waals surface area contributed by atoms with Crippen molar-refractivity contribution in [3.8, 4) is 11.4 Å². The van der Waals surface area contributed by atoms with Crippen LogP contribution in [0.2, 0.25) is 0 Å². The van der Waals surface area contributed by atoms with Crippen molar-refractivity contribution in [3.63, 3.8) is 0 Å². The minimum absolute atomic E-state index is 0.872. The first-order chi connectivity index (χ1) is 6.25. The van der Waals surface area contributed by atoms with Crippen LogP contribution in [0.3, 0.4) is 0 Å². The van der Waals surface area contributed by atoms with Crippen LogP contribution in [-0.4, -0.2) is 15.0 Å². The zero-order valence-corrected chi connectivity index (χ0v) is 9.24. The summed E-state index contributed by atoms with van der Waals surface area (Å²) in [4.78, 5) is 11.6. The summed E-state index contributed by atoms with van der Waals surface area (Å²) in [5, 5.41) is 0. The van der Waals surface area contributed by atoms with Crippen LogP contribution in [0.1, 0.15) is 5.69 Å². The highest BCUT2D eigenvalue weighted by atomic mass is 127.